The fourth-order valence-electron chi connectivity index (χ4n) is 3.02. The molecule has 2 aromatic rings. The van der Waals surface area contributed by atoms with E-state index in [9.17, 15) is 18.0 Å². The largest absolute Gasteiger partial charge is 0.417 e. The maximum atomic E-state index is 12.6. The minimum atomic E-state index is -4.40. The summed E-state index contributed by atoms with van der Waals surface area (Å²) in [5, 5.41) is 11.7. The standard InChI is InChI=1S/C19H17F3N4O/c20-19(21,22)15-4-5-17(24-12-15)26-8-6-14(7-9-26)18(27)25-16-3-1-2-13(10-16)11-23/h1-5,10,12,14H,6-9H2,(H,25,27). The number of pyridine rings is 1. The zero-order chi connectivity index (χ0) is 19.4. The number of aromatic nitrogens is 1. The van der Waals surface area contributed by atoms with Crippen LogP contribution in [-0.2, 0) is 11.0 Å². The quantitative estimate of drug-likeness (QED) is 0.887. The Morgan fingerprint density at radius 1 is 1.22 bits per heavy atom. The maximum absolute atomic E-state index is 12.6. The first-order valence-corrected chi connectivity index (χ1v) is 8.46. The third kappa shape index (κ3) is 4.56. The molecule has 0 spiro atoms. The van der Waals surface area contributed by atoms with Crippen LogP contribution in [0.15, 0.2) is 42.6 Å². The zero-order valence-electron chi connectivity index (χ0n) is 14.3. The van der Waals surface area contributed by atoms with Crippen molar-refractivity contribution < 1.29 is 18.0 Å². The number of carbonyl (C=O) groups excluding carboxylic acids is 1. The second-order valence-corrected chi connectivity index (χ2v) is 6.35. The van der Waals surface area contributed by atoms with Crippen LogP contribution in [0.1, 0.15) is 24.0 Å². The van der Waals surface area contributed by atoms with Gasteiger partial charge in [0, 0.05) is 30.9 Å². The van der Waals surface area contributed by atoms with Crippen LogP contribution < -0.4 is 10.2 Å². The molecule has 2 heterocycles. The molecule has 1 amide bonds. The lowest BCUT2D eigenvalue weighted by Crippen LogP contribution is -2.38. The summed E-state index contributed by atoms with van der Waals surface area (Å²) in [7, 11) is 0. The molecule has 1 aromatic heterocycles. The molecular formula is C19H17F3N4O. The molecule has 0 aliphatic carbocycles. The van der Waals surface area contributed by atoms with Crippen molar-refractivity contribution in [1.82, 2.24) is 4.98 Å². The van der Waals surface area contributed by atoms with Crippen LogP contribution in [0.2, 0.25) is 0 Å². The number of amides is 1. The van der Waals surface area contributed by atoms with Crippen LogP contribution in [0.5, 0.6) is 0 Å². The average Bonchev–Trinajstić information content (AvgIpc) is 2.67. The Morgan fingerprint density at radius 3 is 2.56 bits per heavy atom. The molecule has 5 nitrogen and oxygen atoms in total. The number of benzene rings is 1. The van der Waals surface area contributed by atoms with Crippen molar-refractivity contribution in [2.75, 3.05) is 23.3 Å². The Labute approximate surface area is 154 Å². The highest BCUT2D eigenvalue weighted by Crippen LogP contribution is 2.30. The number of nitrogens with one attached hydrogen (secondary N) is 1. The predicted octanol–water partition coefficient (Wildman–Crippen LogP) is 3.83. The molecular weight excluding hydrogens is 357 g/mol. The fraction of sp³-hybridized carbons (Fsp3) is 0.316. The van der Waals surface area contributed by atoms with Gasteiger partial charge in [0.05, 0.1) is 17.2 Å². The summed E-state index contributed by atoms with van der Waals surface area (Å²) >= 11 is 0. The predicted molar refractivity (Wildman–Crippen MR) is 94.0 cm³/mol. The SMILES string of the molecule is N#Cc1cccc(NC(=O)C2CCN(c3ccc(C(F)(F)F)cn3)CC2)c1. The van der Waals surface area contributed by atoms with E-state index in [2.05, 4.69) is 10.3 Å². The fourth-order valence-corrected chi connectivity index (χ4v) is 3.02. The first-order chi connectivity index (χ1) is 12.9. The van der Waals surface area contributed by atoms with Gasteiger partial charge in [-0.25, -0.2) is 4.98 Å². The Bertz CT molecular complexity index is 850. The molecule has 0 saturated carbocycles. The molecule has 1 saturated heterocycles. The van der Waals surface area contributed by atoms with Crippen LogP contribution >= 0.6 is 0 Å². The number of anilines is 2. The Balaban J connectivity index is 1.56. The highest BCUT2D eigenvalue weighted by atomic mass is 19.4. The lowest BCUT2D eigenvalue weighted by Gasteiger charge is -2.32. The van der Waals surface area contributed by atoms with Crippen LogP contribution in [0, 0.1) is 17.2 Å². The van der Waals surface area contributed by atoms with Gasteiger partial charge in [-0.05, 0) is 43.2 Å². The van der Waals surface area contributed by atoms with Crippen LogP contribution in [0.25, 0.3) is 0 Å². The molecule has 1 aliphatic rings. The van der Waals surface area contributed by atoms with E-state index in [1.165, 1.54) is 6.07 Å². The van der Waals surface area contributed by atoms with E-state index in [0.717, 1.165) is 12.3 Å². The van der Waals surface area contributed by atoms with Gasteiger partial charge in [0.1, 0.15) is 5.82 Å². The van der Waals surface area contributed by atoms with Crippen molar-refractivity contribution >= 4 is 17.4 Å². The highest BCUT2D eigenvalue weighted by molar-refractivity contribution is 5.92. The van der Waals surface area contributed by atoms with E-state index in [4.69, 9.17) is 5.26 Å². The van der Waals surface area contributed by atoms with Crippen molar-refractivity contribution in [3.8, 4) is 6.07 Å². The van der Waals surface area contributed by atoms with E-state index in [1.807, 2.05) is 11.0 Å². The van der Waals surface area contributed by atoms with Crippen molar-refractivity contribution in [2.24, 2.45) is 5.92 Å². The molecule has 0 bridgehead atoms. The lowest BCUT2D eigenvalue weighted by molar-refractivity contribution is -0.137. The Kier molecular flexibility index (Phi) is 5.31. The summed E-state index contributed by atoms with van der Waals surface area (Å²) in [6.07, 6.45) is -2.42. The molecule has 27 heavy (non-hydrogen) atoms. The molecule has 140 valence electrons. The van der Waals surface area contributed by atoms with Crippen LogP contribution in [0.4, 0.5) is 24.7 Å². The number of alkyl halides is 3. The summed E-state index contributed by atoms with van der Waals surface area (Å²) in [6, 6.07) is 11.1. The molecule has 0 radical (unpaired) electrons. The van der Waals surface area contributed by atoms with E-state index in [-0.39, 0.29) is 11.8 Å². The number of halogens is 3. The van der Waals surface area contributed by atoms with Gasteiger partial charge in [-0.3, -0.25) is 4.79 Å². The number of nitrogens with zero attached hydrogens (tertiary/aromatic N) is 3. The zero-order valence-corrected chi connectivity index (χ0v) is 14.3. The Morgan fingerprint density at radius 2 is 1.96 bits per heavy atom. The summed E-state index contributed by atoms with van der Waals surface area (Å²) in [5.41, 5.74) is 0.266. The van der Waals surface area contributed by atoms with E-state index < -0.39 is 11.7 Å². The lowest BCUT2D eigenvalue weighted by atomic mass is 9.95. The topological polar surface area (TPSA) is 69.0 Å². The molecule has 8 heteroatoms. The number of hydrogen-bond donors (Lipinski definition) is 1. The van der Waals surface area contributed by atoms with Gasteiger partial charge in [-0.2, -0.15) is 18.4 Å². The number of piperidine rings is 1. The van der Waals surface area contributed by atoms with Crippen LogP contribution in [-0.4, -0.2) is 24.0 Å². The number of hydrogen-bond acceptors (Lipinski definition) is 4. The monoisotopic (exact) mass is 374 g/mol. The van der Waals surface area contributed by atoms with E-state index in [0.29, 0.717) is 43.0 Å². The minimum absolute atomic E-state index is 0.120. The summed E-state index contributed by atoms with van der Waals surface area (Å²) < 4.78 is 37.8. The highest BCUT2D eigenvalue weighted by Gasteiger charge is 2.31. The van der Waals surface area contributed by atoms with E-state index >= 15 is 0 Å². The number of nitriles is 1. The smallest absolute Gasteiger partial charge is 0.357 e. The third-order valence-electron chi connectivity index (χ3n) is 4.52. The molecule has 1 N–H and O–H groups in total. The summed E-state index contributed by atoms with van der Waals surface area (Å²) in [4.78, 5) is 18.2. The van der Waals surface area contributed by atoms with Gasteiger partial charge >= 0.3 is 6.18 Å². The normalized spacial score (nSPS) is 15.3. The minimum Gasteiger partial charge on any atom is -0.357 e. The molecule has 1 fully saturated rings. The second kappa shape index (κ2) is 7.66. The summed E-state index contributed by atoms with van der Waals surface area (Å²) in [6.45, 7) is 1.07. The van der Waals surface area contributed by atoms with Crippen molar-refractivity contribution in [1.29, 1.82) is 5.26 Å². The molecule has 0 unspecified atom stereocenters. The van der Waals surface area contributed by atoms with Crippen molar-refractivity contribution in [2.45, 2.75) is 19.0 Å². The van der Waals surface area contributed by atoms with Crippen molar-refractivity contribution in [3.63, 3.8) is 0 Å². The van der Waals surface area contributed by atoms with Crippen molar-refractivity contribution in [3.05, 3.63) is 53.7 Å². The first kappa shape index (κ1) is 18.7. The molecule has 0 atom stereocenters. The van der Waals surface area contributed by atoms with Crippen LogP contribution in [0.3, 0.4) is 0 Å². The third-order valence-corrected chi connectivity index (χ3v) is 4.52. The van der Waals surface area contributed by atoms with Gasteiger partial charge in [-0.1, -0.05) is 6.07 Å². The van der Waals surface area contributed by atoms with E-state index in [1.54, 1.807) is 24.3 Å². The molecule has 3 rings (SSSR count). The second-order valence-electron chi connectivity index (χ2n) is 6.35. The molecule has 1 aromatic carbocycles. The number of carbonyl (C=O) groups is 1. The first-order valence-electron chi connectivity index (χ1n) is 8.46. The van der Waals surface area contributed by atoms with Gasteiger partial charge in [0.25, 0.3) is 0 Å². The maximum Gasteiger partial charge on any atom is 0.417 e. The van der Waals surface area contributed by atoms with Gasteiger partial charge in [0.2, 0.25) is 5.91 Å². The average molecular weight is 374 g/mol. The van der Waals surface area contributed by atoms with Gasteiger partial charge in [-0.15, -0.1) is 0 Å². The molecule has 1 aliphatic heterocycles. The van der Waals surface area contributed by atoms with Gasteiger partial charge < -0.3 is 10.2 Å². The number of rotatable bonds is 3. The Hall–Kier alpha value is -3.08. The van der Waals surface area contributed by atoms with Gasteiger partial charge in [0.15, 0.2) is 0 Å². The summed E-state index contributed by atoms with van der Waals surface area (Å²) in [5.74, 6) is 0.162.